The maximum atomic E-state index is 12.0. The van der Waals surface area contributed by atoms with Crippen LogP contribution in [0.2, 0.25) is 0 Å². The molecule has 0 bridgehead atoms. The highest BCUT2D eigenvalue weighted by Gasteiger charge is 2.47. The molecule has 1 aliphatic rings. The normalized spacial score (nSPS) is 30.3. The molecule has 0 spiro atoms. The maximum absolute atomic E-state index is 12.0. The summed E-state index contributed by atoms with van der Waals surface area (Å²) in [7, 11) is -1.09. The molecule has 4 heteroatoms. The predicted octanol–water partition coefficient (Wildman–Crippen LogP) is 1.92. The van der Waals surface area contributed by atoms with Crippen molar-refractivity contribution in [2.75, 3.05) is 11.5 Å². The van der Waals surface area contributed by atoms with Gasteiger partial charge in [-0.05, 0) is 12.5 Å². The number of thioether (sulfide) groups is 1. The summed E-state index contributed by atoms with van der Waals surface area (Å²) < 4.78 is 11.2. The van der Waals surface area contributed by atoms with Crippen LogP contribution >= 0.6 is 11.8 Å². The molecule has 0 radical (unpaired) electrons. The summed E-state index contributed by atoms with van der Waals surface area (Å²) in [5, 5.41) is 0. The first-order valence-corrected chi connectivity index (χ1v) is 7.07. The fourth-order valence-corrected chi connectivity index (χ4v) is 5.57. The van der Waals surface area contributed by atoms with Gasteiger partial charge in [0.2, 0.25) is 0 Å². The van der Waals surface area contributed by atoms with Crippen molar-refractivity contribution in [2.24, 2.45) is 0 Å². The number of ketones is 1. The molecular formula is C11H12O2S2. The second-order valence-corrected chi connectivity index (χ2v) is 6.72. The van der Waals surface area contributed by atoms with Crippen LogP contribution in [0.15, 0.2) is 30.3 Å². The minimum atomic E-state index is -1.09. The van der Waals surface area contributed by atoms with Crippen LogP contribution in [0.25, 0.3) is 0 Å². The molecular weight excluding hydrogens is 228 g/mol. The molecule has 80 valence electrons. The van der Waals surface area contributed by atoms with E-state index >= 15 is 0 Å². The van der Waals surface area contributed by atoms with Crippen molar-refractivity contribution in [3.05, 3.63) is 35.9 Å². The number of benzene rings is 1. The van der Waals surface area contributed by atoms with E-state index in [0.29, 0.717) is 5.75 Å². The first kappa shape index (κ1) is 10.9. The SMILES string of the molecule is CC(=O)[C@@]1(c2ccccc2)SCCS1=O. The molecule has 15 heavy (non-hydrogen) atoms. The zero-order valence-corrected chi connectivity index (χ0v) is 10.1. The van der Waals surface area contributed by atoms with Crippen molar-refractivity contribution in [1.29, 1.82) is 0 Å². The lowest BCUT2D eigenvalue weighted by molar-refractivity contribution is -0.117. The lowest BCUT2D eigenvalue weighted by Crippen LogP contribution is -2.32. The number of hydrogen-bond acceptors (Lipinski definition) is 3. The van der Waals surface area contributed by atoms with Crippen molar-refractivity contribution < 1.29 is 9.00 Å². The summed E-state index contributed by atoms with van der Waals surface area (Å²) in [6, 6.07) is 9.45. The molecule has 1 aromatic rings. The Morgan fingerprint density at radius 3 is 2.53 bits per heavy atom. The highest BCUT2D eigenvalue weighted by atomic mass is 32.2. The third kappa shape index (κ3) is 1.66. The Bertz CT molecular complexity index is 402. The van der Waals surface area contributed by atoms with Gasteiger partial charge in [-0.2, -0.15) is 0 Å². The first-order chi connectivity index (χ1) is 7.18. The molecule has 2 nitrogen and oxygen atoms in total. The van der Waals surface area contributed by atoms with Gasteiger partial charge in [0, 0.05) is 11.5 Å². The number of rotatable bonds is 2. The van der Waals surface area contributed by atoms with Crippen molar-refractivity contribution in [2.45, 2.75) is 11.0 Å². The minimum absolute atomic E-state index is 0.00506. The molecule has 1 aromatic carbocycles. The van der Waals surface area contributed by atoms with Gasteiger partial charge < -0.3 is 0 Å². The van der Waals surface area contributed by atoms with Gasteiger partial charge in [0.05, 0.1) is 10.8 Å². The standard InChI is InChI=1S/C11H12O2S2/c1-9(12)11(14-7-8-15(11)13)10-5-3-2-4-6-10/h2-6H,7-8H2,1H3/t11-,15?/m1/s1. The van der Waals surface area contributed by atoms with E-state index in [1.165, 1.54) is 18.7 Å². The van der Waals surface area contributed by atoms with Gasteiger partial charge in [-0.3, -0.25) is 9.00 Å². The van der Waals surface area contributed by atoms with Crippen LogP contribution in [0.4, 0.5) is 0 Å². The van der Waals surface area contributed by atoms with Crippen LogP contribution in [-0.4, -0.2) is 21.5 Å². The average molecular weight is 240 g/mol. The van der Waals surface area contributed by atoms with Gasteiger partial charge in [-0.25, -0.2) is 0 Å². The number of carbonyl (C=O) groups is 1. The zero-order chi connectivity index (χ0) is 10.9. The Morgan fingerprint density at radius 2 is 2.07 bits per heavy atom. The van der Waals surface area contributed by atoms with Crippen LogP contribution in [-0.2, 0) is 19.7 Å². The Hall–Kier alpha value is -0.610. The van der Waals surface area contributed by atoms with E-state index < -0.39 is 14.9 Å². The monoisotopic (exact) mass is 240 g/mol. The predicted molar refractivity (Wildman–Crippen MR) is 64.3 cm³/mol. The van der Waals surface area contributed by atoms with Gasteiger partial charge >= 0.3 is 0 Å². The van der Waals surface area contributed by atoms with Gasteiger partial charge in [-0.1, -0.05) is 30.3 Å². The van der Waals surface area contributed by atoms with Crippen LogP contribution < -0.4 is 0 Å². The van der Waals surface area contributed by atoms with E-state index in [9.17, 15) is 9.00 Å². The van der Waals surface area contributed by atoms with Crippen molar-refractivity contribution >= 4 is 28.3 Å². The molecule has 0 amide bonds. The highest BCUT2D eigenvalue weighted by molar-refractivity contribution is 8.15. The summed E-state index contributed by atoms with van der Waals surface area (Å²) in [4.78, 5) is 11.8. The van der Waals surface area contributed by atoms with Gasteiger partial charge in [0.25, 0.3) is 0 Å². The van der Waals surface area contributed by atoms with E-state index in [0.717, 1.165) is 11.3 Å². The fourth-order valence-electron chi connectivity index (χ4n) is 1.81. The molecule has 1 saturated heterocycles. The third-order valence-corrected chi connectivity index (χ3v) is 6.76. The van der Waals surface area contributed by atoms with E-state index in [4.69, 9.17) is 0 Å². The summed E-state index contributed by atoms with van der Waals surface area (Å²) in [5.41, 5.74) is 0.873. The van der Waals surface area contributed by atoms with E-state index in [1.54, 1.807) is 0 Å². The summed E-state index contributed by atoms with van der Waals surface area (Å²) in [6.07, 6.45) is 0. The highest BCUT2D eigenvalue weighted by Crippen LogP contribution is 2.45. The largest absolute Gasteiger partial charge is 0.297 e. The van der Waals surface area contributed by atoms with Crippen LogP contribution in [0.5, 0.6) is 0 Å². The molecule has 0 aliphatic carbocycles. The van der Waals surface area contributed by atoms with Gasteiger partial charge in [-0.15, -0.1) is 11.8 Å². The van der Waals surface area contributed by atoms with E-state index in [-0.39, 0.29) is 5.78 Å². The average Bonchev–Trinajstić information content (AvgIpc) is 2.62. The van der Waals surface area contributed by atoms with E-state index in [2.05, 4.69) is 0 Å². The molecule has 0 aromatic heterocycles. The summed E-state index contributed by atoms with van der Waals surface area (Å²) in [5.74, 6) is 1.40. The lowest BCUT2D eigenvalue weighted by Gasteiger charge is -2.23. The topological polar surface area (TPSA) is 34.1 Å². The Labute approximate surface area is 95.9 Å². The molecule has 0 saturated carbocycles. The van der Waals surface area contributed by atoms with Gasteiger partial charge in [0.1, 0.15) is 0 Å². The second kappa shape index (κ2) is 4.10. The molecule has 1 unspecified atom stereocenters. The quantitative estimate of drug-likeness (QED) is 0.792. The number of hydrogen-bond donors (Lipinski definition) is 0. The van der Waals surface area contributed by atoms with Crippen molar-refractivity contribution in [3.8, 4) is 0 Å². The number of carbonyl (C=O) groups excluding carboxylic acids is 1. The van der Waals surface area contributed by atoms with Crippen LogP contribution in [0.1, 0.15) is 12.5 Å². The second-order valence-electron chi connectivity index (χ2n) is 3.44. The smallest absolute Gasteiger partial charge is 0.174 e. The molecule has 1 aliphatic heterocycles. The van der Waals surface area contributed by atoms with Crippen molar-refractivity contribution in [1.82, 2.24) is 0 Å². The summed E-state index contributed by atoms with van der Waals surface area (Å²) >= 11 is 1.51. The Kier molecular flexibility index (Phi) is 2.98. The Balaban J connectivity index is 2.53. The van der Waals surface area contributed by atoms with Crippen molar-refractivity contribution in [3.63, 3.8) is 0 Å². The Morgan fingerprint density at radius 1 is 1.40 bits per heavy atom. The van der Waals surface area contributed by atoms with Gasteiger partial charge in [0.15, 0.2) is 9.86 Å². The minimum Gasteiger partial charge on any atom is -0.297 e. The maximum Gasteiger partial charge on any atom is 0.174 e. The molecule has 2 rings (SSSR count). The summed E-state index contributed by atoms with van der Waals surface area (Å²) in [6.45, 7) is 1.53. The first-order valence-electron chi connectivity index (χ1n) is 4.77. The lowest BCUT2D eigenvalue weighted by atomic mass is 10.1. The molecule has 1 fully saturated rings. The molecule has 0 N–H and O–H groups in total. The molecule has 2 atom stereocenters. The third-order valence-electron chi connectivity index (χ3n) is 2.51. The fraction of sp³-hybridized carbons (Fsp3) is 0.364. The number of Topliss-reactive ketones (excluding diaryl/α,β-unsaturated/α-hetero) is 1. The van der Waals surface area contributed by atoms with E-state index in [1.807, 2.05) is 30.3 Å². The van der Waals surface area contributed by atoms with Crippen LogP contribution in [0, 0.1) is 0 Å². The zero-order valence-electron chi connectivity index (χ0n) is 8.43. The van der Waals surface area contributed by atoms with Crippen LogP contribution in [0.3, 0.4) is 0 Å². The molecule has 1 heterocycles.